The van der Waals surface area contributed by atoms with Crippen LogP contribution >= 0.6 is 0 Å². The van der Waals surface area contributed by atoms with Crippen LogP contribution in [-0.2, 0) is 10.1 Å². The van der Waals surface area contributed by atoms with Crippen LogP contribution in [0.5, 0.6) is 5.75 Å². The summed E-state index contributed by atoms with van der Waals surface area (Å²) in [5.41, 5.74) is 0. The van der Waals surface area contributed by atoms with E-state index in [4.69, 9.17) is 9.29 Å². The largest absolute Gasteiger partial charge is 1.00 e. The quantitative estimate of drug-likeness (QED) is 0.435. The molecule has 0 atom stereocenters. The third-order valence-corrected chi connectivity index (χ3v) is 3.26. The van der Waals surface area contributed by atoms with Crippen LogP contribution in [0.25, 0.3) is 0 Å². The molecule has 4 nitrogen and oxygen atoms in total. The molecule has 98 valence electrons. The first-order chi connectivity index (χ1) is 8.04. The van der Waals surface area contributed by atoms with Crippen molar-refractivity contribution in [2.75, 3.05) is 6.61 Å². The molecule has 1 aromatic rings. The van der Waals surface area contributed by atoms with E-state index in [1.165, 1.54) is 25.0 Å². The Morgan fingerprint density at radius 3 is 2.28 bits per heavy atom. The van der Waals surface area contributed by atoms with Crippen molar-refractivity contribution < 1.29 is 48.7 Å². The summed E-state index contributed by atoms with van der Waals surface area (Å²) in [5, 5.41) is 0. The molecule has 1 rings (SSSR count). The summed E-state index contributed by atoms with van der Waals surface area (Å²) < 4.78 is 35.8. The van der Waals surface area contributed by atoms with Gasteiger partial charge in [-0.25, -0.2) is 0 Å². The topological polar surface area (TPSA) is 63.6 Å². The Labute approximate surface area is 132 Å². The zero-order chi connectivity index (χ0) is 12.7. The van der Waals surface area contributed by atoms with E-state index in [1.807, 2.05) is 0 Å². The molecule has 18 heavy (non-hydrogen) atoms. The van der Waals surface area contributed by atoms with Crippen molar-refractivity contribution in [2.24, 2.45) is 0 Å². The van der Waals surface area contributed by atoms with Crippen LogP contribution in [0.1, 0.15) is 34.0 Å². The second kappa shape index (κ2) is 8.93. The Bertz CT molecular complexity index is 434. The average molecular weight is 282 g/mol. The Hall–Kier alpha value is -0.0700. The minimum atomic E-state index is -4.11. The van der Waals surface area contributed by atoms with Crippen molar-refractivity contribution in [2.45, 2.75) is 37.5 Å². The fraction of sp³-hybridized carbons (Fsp3) is 0.500. The van der Waals surface area contributed by atoms with Gasteiger partial charge >= 0.3 is 29.6 Å². The molecule has 0 unspecified atom stereocenters. The summed E-state index contributed by atoms with van der Waals surface area (Å²) in [7, 11) is -4.11. The van der Waals surface area contributed by atoms with Crippen LogP contribution in [0.3, 0.4) is 0 Å². The average Bonchev–Trinajstić information content (AvgIpc) is 2.28. The minimum Gasteiger partial charge on any atom is -1.00 e. The molecule has 0 fully saturated rings. The molecular weight excluding hydrogens is 263 g/mol. The van der Waals surface area contributed by atoms with E-state index in [0.29, 0.717) is 12.4 Å². The standard InChI is InChI=1S/C12H18O4S.Na.H/c1-2-3-4-5-10-16-11-6-8-12(9-7-11)17(13,14)15;;/h6-9H,2-5,10H2,1H3,(H,13,14,15);;/q;+1;-1. The molecule has 6 heteroatoms. The predicted octanol–water partition coefficient (Wildman–Crippen LogP) is 0.00890. The van der Waals surface area contributed by atoms with Gasteiger partial charge in [0.25, 0.3) is 10.1 Å². The van der Waals surface area contributed by atoms with Crippen LogP contribution in [-0.4, -0.2) is 19.6 Å². The van der Waals surface area contributed by atoms with Gasteiger partial charge in [-0.2, -0.15) is 8.42 Å². The molecule has 0 aliphatic rings. The summed E-state index contributed by atoms with van der Waals surface area (Å²) >= 11 is 0. The summed E-state index contributed by atoms with van der Waals surface area (Å²) in [6.45, 7) is 2.78. The first-order valence-electron chi connectivity index (χ1n) is 5.74. The minimum absolute atomic E-state index is 0. The van der Waals surface area contributed by atoms with Crippen molar-refractivity contribution in [1.82, 2.24) is 0 Å². The molecule has 0 radical (unpaired) electrons. The maximum Gasteiger partial charge on any atom is 1.00 e. The fourth-order valence-corrected chi connectivity index (χ4v) is 1.91. The molecule has 1 aromatic carbocycles. The molecule has 1 N–H and O–H groups in total. The number of benzene rings is 1. The van der Waals surface area contributed by atoms with Gasteiger partial charge in [-0.1, -0.05) is 26.2 Å². The van der Waals surface area contributed by atoms with Gasteiger partial charge in [0.05, 0.1) is 11.5 Å². The molecule has 0 saturated heterocycles. The predicted molar refractivity (Wildman–Crippen MR) is 67.0 cm³/mol. The number of unbranched alkanes of at least 4 members (excludes halogenated alkanes) is 3. The summed E-state index contributed by atoms with van der Waals surface area (Å²) in [6, 6.07) is 5.75. The first kappa shape index (κ1) is 17.9. The summed E-state index contributed by atoms with van der Waals surface area (Å²) in [6.07, 6.45) is 4.52. The molecule has 0 spiro atoms. The summed E-state index contributed by atoms with van der Waals surface area (Å²) in [5.74, 6) is 0.619. The van der Waals surface area contributed by atoms with Crippen LogP contribution in [0.4, 0.5) is 0 Å². The van der Waals surface area contributed by atoms with E-state index in [9.17, 15) is 8.42 Å². The zero-order valence-electron chi connectivity index (χ0n) is 11.9. The summed E-state index contributed by atoms with van der Waals surface area (Å²) in [4.78, 5) is -0.115. The monoisotopic (exact) mass is 282 g/mol. The van der Waals surface area contributed by atoms with Gasteiger partial charge < -0.3 is 6.16 Å². The Kier molecular flexibility index (Phi) is 8.90. The number of hydrogen-bond donors (Lipinski definition) is 1. The van der Waals surface area contributed by atoms with Crippen molar-refractivity contribution in [3.8, 4) is 5.75 Å². The molecule has 0 aliphatic carbocycles. The zero-order valence-corrected chi connectivity index (χ0v) is 13.7. The maximum absolute atomic E-state index is 10.8. The normalized spacial score (nSPS) is 10.8. The van der Waals surface area contributed by atoms with Gasteiger partial charge in [0.1, 0.15) is 5.75 Å². The second-order valence-corrected chi connectivity index (χ2v) is 5.28. The molecule has 0 amide bonds. The van der Waals surface area contributed by atoms with E-state index < -0.39 is 10.1 Å². The van der Waals surface area contributed by atoms with Crippen molar-refractivity contribution in [3.63, 3.8) is 0 Å². The van der Waals surface area contributed by atoms with E-state index in [0.717, 1.165) is 12.8 Å². The van der Waals surface area contributed by atoms with Gasteiger partial charge in [0, 0.05) is 0 Å². The Morgan fingerprint density at radius 1 is 1.17 bits per heavy atom. The molecule has 0 aromatic heterocycles. The van der Waals surface area contributed by atoms with Gasteiger partial charge in [0.15, 0.2) is 0 Å². The molecular formula is C12H19NaO4S. The second-order valence-electron chi connectivity index (χ2n) is 3.86. The molecule has 0 bridgehead atoms. The SMILES string of the molecule is CCCCCCOc1ccc(S(=O)(=O)O)cc1.[H-].[Na+]. The number of ether oxygens (including phenoxy) is 1. The van der Waals surface area contributed by atoms with Crippen LogP contribution in [0, 0.1) is 0 Å². The maximum atomic E-state index is 10.8. The van der Waals surface area contributed by atoms with Crippen molar-refractivity contribution >= 4 is 10.1 Å². The van der Waals surface area contributed by atoms with Crippen LogP contribution in [0.15, 0.2) is 29.2 Å². The Morgan fingerprint density at radius 2 is 1.78 bits per heavy atom. The Balaban J connectivity index is 0. The smallest absolute Gasteiger partial charge is 1.00 e. The van der Waals surface area contributed by atoms with Gasteiger partial charge in [-0.05, 0) is 30.7 Å². The molecule has 0 heterocycles. The van der Waals surface area contributed by atoms with Crippen LogP contribution < -0.4 is 34.3 Å². The van der Waals surface area contributed by atoms with Crippen molar-refractivity contribution in [3.05, 3.63) is 24.3 Å². The van der Waals surface area contributed by atoms with E-state index >= 15 is 0 Å². The van der Waals surface area contributed by atoms with E-state index in [2.05, 4.69) is 6.92 Å². The third-order valence-electron chi connectivity index (χ3n) is 2.39. The van der Waals surface area contributed by atoms with Gasteiger partial charge in [-0.3, -0.25) is 4.55 Å². The molecule has 0 saturated carbocycles. The number of hydrogen-bond acceptors (Lipinski definition) is 3. The fourth-order valence-electron chi connectivity index (χ4n) is 1.43. The van der Waals surface area contributed by atoms with Gasteiger partial charge in [0.2, 0.25) is 0 Å². The van der Waals surface area contributed by atoms with E-state index in [1.54, 1.807) is 12.1 Å². The van der Waals surface area contributed by atoms with Crippen LogP contribution in [0.2, 0.25) is 0 Å². The van der Waals surface area contributed by atoms with Crippen molar-refractivity contribution in [1.29, 1.82) is 0 Å². The number of rotatable bonds is 7. The first-order valence-corrected chi connectivity index (χ1v) is 7.18. The van der Waals surface area contributed by atoms with Gasteiger partial charge in [-0.15, -0.1) is 0 Å². The third kappa shape index (κ3) is 6.75. The molecule has 0 aliphatic heterocycles. The van der Waals surface area contributed by atoms with E-state index in [-0.39, 0.29) is 35.9 Å².